The maximum Gasteiger partial charge on any atom is 0.340 e. The number of anilines is 1. The number of para-hydroxylation sites is 1. The van der Waals surface area contributed by atoms with Gasteiger partial charge < -0.3 is 15.0 Å². The van der Waals surface area contributed by atoms with E-state index in [0.29, 0.717) is 4.90 Å². The molecule has 0 heterocycles. The van der Waals surface area contributed by atoms with Crippen molar-refractivity contribution in [3.63, 3.8) is 0 Å². The third kappa shape index (κ3) is 6.81. The van der Waals surface area contributed by atoms with Crippen LogP contribution in [0, 0.1) is 5.82 Å². The summed E-state index contributed by atoms with van der Waals surface area (Å²) >= 11 is 1.27. The topological polar surface area (TPSA) is 75.7 Å². The van der Waals surface area contributed by atoms with E-state index in [1.54, 1.807) is 30.3 Å². The van der Waals surface area contributed by atoms with Crippen LogP contribution in [0.15, 0.2) is 53.4 Å². The molecule has 33 heavy (non-hydrogen) atoms. The first kappa shape index (κ1) is 24.8. The van der Waals surface area contributed by atoms with Crippen LogP contribution >= 0.6 is 11.8 Å². The predicted molar refractivity (Wildman–Crippen MR) is 127 cm³/mol. The highest BCUT2D eigenvalue weighted by atomic mass is 32.2. The van der Waals surface area contributed by atoms with Gasteiger partial charge in [-0.1, -0.05) is 43.5 Å². The quantitative estimate of drug-likeness (QED) is 0.437. The number of ether oxygens (including phenoxy) is 1. The molecule has 1 aliphatic rings. The lowest BCUT2D eigenvalue weighted by Gasteiger charge is -2.31. The molecule has 1 N–H and O–H groups in total. The first-order chi connectivity index (χ1) is 15.9. The highest BCUT2D eigenvalue weighted by molar-refractivity contribution is 8.00. The molecular formula is C25H29FN2O4S. The van der Waals surface area contributed by atoms with Gasteiger partial charge in [0.05, 0.1) is 17.0 Å². The van der Waals surface area contributed by atoms with Gasteiger partial charge in [0.1, 0.15) is 5.82 Å². The highest BCUT2D eigenvalue weighted by Crippen LogP contribution is 2.26. The second-order valence-electron chi connectivity index (χ2n) is 8.10. The molecule has 0 radical (unpaired) electrons. The molecule has 0 aliphatic heterocycles. The Hall–Kier alpha value is -2.87. The fourth-order valence-electron chi connectivity index (χ4n) is 3.75. The van der Waals surface area contributed by atoms with E-state index in [1.165, 1.54) is 43.3 Å². The molecule has 8 heteroatoms. The van der Waals surface area contributed by atoms with Gasteiger partial charge in [-0.2, -0.15) is 0 Å². The van der Waals surface area contributed by atoms with Crippen LogP contribution in [0.2, 0.25) is 0 Å². The number of nitrogens with zero attached hydrogens (tertiary/aromatic N) is 1. The average molecular weight is 473 g/mol. The molecule has 6 nitrogen and oxygen atoms in total. The van der Waals surface area contributed by atoms with Crippen LogP contribution in [-0.2, 0) is 14.3 Å². The van der Waals surface area contributed by atoms with Gasteiger partial charge in [0, 0.05) is 18.0 Å². The second kappa shape index (κ2) is 11.8. The Labute approximate surface area is 197 Å². The fraction of sp³-hybridized carbons (Fsp3) is 0.400. The van der Waals surface area contributed by atoms with Crippen LogP contribution in [-0.4, -0.2) is 47.6 Å². The first-order valence-electron chi connectivity index (χ1n) is 11.1. The molecule has 1 fully saturated rings. The molecule has 3 rings (SSSR count). The fourth-order valence-corrected chi connectivity index (χ4v) is 4.71. The zero-order chi connectivity index (χ0) is 23.8. The standard InChI is InChI=1S/C25H29FN2O4S/c1-17(24(30)27-21-14-8-7-13-20(21)26)32-25(31)19-12-6-9-15-22(19)33-16-23(29)28(2)18-10-4-3-5-11-18/h6-9,12-15,17-18H,3-5,10-11,16H2,1-2H3,(H,27,30). The summed E-state index contributed by atoms with van der Waals surface area (Å²) in [5.74, 6) is -1.66. The lowest BCUT2D eigenvalue weighted by molar-refractivity contribution is -0.129. The molecular weight excluding hydrogens is 443 g/mol. The van der Waals surface area contributed by atoms with Crippen molar-refractivity contribution in [2.75, 3.05) is 18.1 Å². The largest absolute Gasteiger partial charge is 0.449 e. The third-order valence-corrected chi connectivity index (χ3v) is 6.82. The Morgan fingerprint density at radius 3 is 2.48 bits per heavy atom. The minimum atomic E-state index is -1.13. The van der Waals surface area contributed by atoms with Crippen molar-refractivity contribution in [2.24, 2.45) is 0 Å². The molecule has 2 amide bonds. The van der Waals surface area contributed by atoms with Crippen LogP contribution < -0.4 is 5.32 Å². The molecule has 0 aromatic heterocycles. The van der Waals surface area contributed by atoms with Gasteiger partial charge in [-0.15, -0.1) is 11.8 Å². The van der Waals surface area contributed by atoms with E-state index in [0.717, 1.165) is 25.7 Å². The number of esters is 1. The molecule has 0 bridgehead atoms. The number of nitrogens with one attached hydrogen (secondary N) is 1. The summed E-state index contributed by atoms with van der Waals surface area (Å²) in [6.07, 6.45) is 4.44. The van der Waals surface area contributed by atoms with E-state index in [2.05, 4.69) is 5.32 Å². The minimum Gasteiger partial charge on any atom is -0.449 e. The molecule has 0 spiro atoms. The lowest BCUT2D eigenvalue weighted by Crippen LogP contribution is -2.39. The van der Waals surface area contributed by atoms with Crippen LogP contribution in [0.3, 0.4) is 0 Å². The van der Waals surface area contributed by atoms with Crippen LogP contribution in [0.4, 0.5) is 10.1 Å². The average Bonchev–Trinajstić information content (AvgIpc) is 2.84. The molecule has 1 saturated carbocycles. The maximum absolute atomic E-state index is 13.8. The lowest BCUT2D eigenvalue weighted by atomic mass is 9.94. The highest BCUT2D eigenvalue weighted by Gasteiger charge is 2.24. The number of rotatable bonds is 8. The van der Waals surface area contributed by atoms with E-state index in [-0.39, 0.29) is 29.0 Å². The Kier molecular flexibility index (Phi) is 8.88. The van der Waals surface area contributed by atoms with Crippen molar-refractivity contribution in [2.45, 2.75) is 56.1 Å². The number of carbonyl (C=O) groups excluding carboxylic acids is 3. The molecule has 1 atom stereocenters. The summed E-state index contributed by atoms with van der Waals surface area (Å²) in [6, 6.07) is 12.9. The van der Waals surface area contributed by atoms with Crippen LogP contribution in [0.25, 0.3) is 0 Å². The summed E-state index contributed by atoms with van der Waals surface area (Å²) < 4.78 is 19.1. The maximum atomic E-state index is 13.8. The number of hydrogen-bond donors (Lipinski definition) is 1. The molecule has 2 aromatic rings. The third-order valence-electron chi connectivity index (χ3n) is 5.76. The van der Waals surface area contributed by atoms with Crippen molar-refractivity contribution >= 4 is 35.2 Å². The smallest absolute Gasteiger partial charge is 0.340 e. The molecule has 1 unspecified atom stereocenters. The zero-order valence-electron chi connectivity index (χ0n) is 18.9. The van der Waals surface area contributed by atoms with Crippen LogP contribution in [0.1, 0.15) is 49.4 Å². The number of halogens is 1. The van der Waals surface area contributed by atoms with Crippen molar-refractivity contribution in [1.82, 2.24) is 4.90 Å². The van der Waals surface area contributed by atoms with Crippen molar-refractivity contribution in [3.05, 3.63) is 59.9 Å². The van der Waals surface area contributed by atoms with Gasteiger partial charge >= 0.3 is 5.97 Å². The van der Waals surface area contributed by atoms with Gasteiger partial charge in [-0.05, 0) is 44.0 Å². The Morgan fingerprint density at radius 1 is 1.09 bits per heavy atom. The SMILES string of the molecule is CC(OC(=O)c1ccccc1SCC(=O)N(C)C1CCCCC1)C(=O)Nc1ccccc1F. The van der Waals surface area contributed by atoms with Gasteiger partial charge in [0.25, 0.3) is 5.91 Å². The Balaban J connectivity index is 1.58. The number of hydrogen-bond acceptors (Lipinski definition) is 5. The number of thioether (sulfide) groups is 1. The molecule has 2 aromatic carbocycles. The van der Waals surface area contributed by atoms with E-state index in [1.807, 2.05) is 11.9 Å². The summed E-state index contributed by atoms with van der Waals surface area (Å²) in [5.41, 5.74) is 0.295. The summed E-state index contributed by atoms with van der Waals surface area (Å²) in [5, 5.41) is 2.42. The monoisotopic (exact) mass is 472 g/mol. The van der Waals surface area contributed by atoms with Crippen molar-refractivity contribution in [1.29, 1.82) is 0 Å². The Morgan fingerprint density at radius 2 is 1.76 bits per heavy atom. The first-order valence-corrected chi connectivity index (χ1v) is 12.1. The number of carbonyl (C=O) groups is 3. The van der Waals surface area contributed by atoms with Gasteiger partial charge in [-0.25, -0.2) is 9.18 Å². The number of amides is 2. The zero-order valence-corrected chi connectivity index (χ0v) is 19.7. The summed E-state index contributed by atoms with van der Waals surface area (Å²) in [6.45, 7) is 1.42. The second-order valence-corrected chi connectivity index (χ2v) is 9.12. The summed E-state index contributed by atoms with van der Waals surface area (Å²) in [4.78, 5) is 40.2. The Bertz CT molecular complexity index is 994. The van der Waals surface area contributed by atoms with E-state index < -0.39 is 23.8 Å². The normalized spacial score (nSPS) is 14.9. The summed E-state index contributed by atoms with van der Waals surface area (Å²) in [7, 11) is 1.84. The van der Waals surface area contributed by atoms with Crippen LogP contribution in [0.5, 0.6) is 0 Å². The molecule has 176 valence electrons. The van der Waals surface area contributed by atoms with Crippen molar-refractivity contribution in [3.8, 4) is 0 Å². The predicted octanol–water partition coefficient (Wildman–Crippen LogP) is 4.89. The van der Waals surface area contributed by atoms with E-state index in [9.17, 15) is 18.8 Å². The number of benzene rings is 2. The van der Waals surface area contributed by atoms with Crippen molar-refractivity contribution < 1.29 is 23.5 Å². The van der Waals surface area contributed by atoms with Gasteiger partial charge in [-0.3, -0.25) is 9.59 Å². The molecule has 0 saturated heterocycles. The minimum absolute atomic E-state index is 0.0157. The van der Waals surface area contributed by atoms with E-state index in [4.69, 9.17) is 4.74 Å². The van der Waals surface area contributed by atoms with Gasteiger partial charge in [0.2, 0.25) is 5.91 Å². The van der Waals surface area contributed by atoms with Gasteiger partial charge in [0.15, 0.2) is 6.10 Å². The van der Waals surface area contributed by atoms with E-state index >= 15 is 0 Å². The molecule has 1 aliphatic carbocycles.